The van der Waals surface area contributed by atoms with E-state index in [2.05, 4.69) is 30.3 Å². The lowest BCUT2D eigenvalue weighted by Crippen LogP contribution is -2.45. The molecule has 1 fully saturated rings. The zero-order valence-electron chi connectivity index (χ0n) is 19.1. The summed E-state index contributed by atoms with van der Waals surface area (Å²) in [5.41, 5.74) is 3.28. The Kier molecular flexibility index (Phi) is 5.91. The van der Waals surface area contributed by atoms with Crippen molar-refractivity contribution in [3.8, 4) is 5.75 Å². The number of carboxylic acids is 1. The molecule has 1 aliphatic rings. The van der Waals surface area contributed by atoms with Crippen molar-refractivity contribution >= 4 is 29.0 Å². The first-order valence-corrected chi connectivity index (χ1v) is 11.5. The maximum atomic E-state index is 13.0. The molecule has 5 nitrogen and oxygen atoms in total. The maximum Gasteiger partial charge on any atom is 0.335 e. The number of carbonyl (C=O) groups is 3. The highest BCUT2D eigenvalue weighted by atomic mass is 16.5. The SMILES string of the molecule is CC(=O)[C@@H]1C(c2ccc3ccccc3c2)[C@@H](c2ccc(OC=O)cc2)[C@H]1c1ccc(C(=O)O)cc1. The fourth-order valence-electron chi connectivity index (χ4n) is 5.58. The number of hydrogen-bond donors (Lipinski definition) is 1. The van der Waals surface area contributed by atoms with Crippen LogP contribution in [0.25, 0.3) is 10.8 Å². The number of aromatic carboxylic acids is 1. The van der Waals surface area contributed by atoms with Gasteiger partial charge in [-0.05, 0) is 64.6 Å². The first-order chi connectivity index (χ1) is 17.0. The maximum absolute atomic E-state index is 13.0. The second-order valence-corrected chi connectivity index (χ2v) is 9.03. The molecule has 5 heteroatoms. The summed E-state index contributed by atoms with van der Waals surface area (Å²) < 4.78 is 4.97. The van der Waals surface area contributed by atoms with Gasteiger partial charge in [-0.1, -0.05) is 66.7 Å². The molecule has 0 saturated heterocycles. The molecule has 4 aromatic carbocycles. The predicted molar refractivity (Wildman–Crippen MR) is 133 cm³/mol. The lowest BCUT2D eigenvalue weighted by molar-refractivity contribution is -0.126. The Morgan fingerprint density at radius 1 is 0.743 bits per heavy atom. The number of ether oxygens (including phenoxy) is 1. The van der Waals surface area contributed by atoms with Gasteiger partial charge in [0.25, 0.3) is 6.47 Å². The van der Waals surface area contributed by atoms with Crippen molar-refractivity contribution in [2.24, 2.45) is 5.92 Å². The third-order valence-electron chi connectivity index (χ3n) is 7.17. The summed E-state index contributed by atoms with van der Waals surface area (Å²) in [7, 11) is 0. The smallest absolute Gasteiger partial charge is 0.335 e. The largest absolute Gasteiger partial charge is 0.478 e. The van der Waals surface area contributed by atoms with E-state index >= 15 is 0 Å². The Bertz CT molecular complexity index is 1410. The van der Waals surface area contributed by atoms with Crippen LogP contribution in [0, 0.1) is 5.92 Å². The molecule has 174 valence electrons. The molecule has 0 aromatic heterocycles. The van der Waals surface area contributed by atoms with Crippen LogP contribution in [-0.2, 0) is 9.59 Å². The lowest BCUT2D eigenvalue weighted by Gasteiger charge is -2.52. The predicted octanol–water partition coefficient (Wildman–Crippen LogP) is 5.94. The molecule has 35 heavy (non-hydrogen) atoms. The van der Waals surface area contributed by atoms with E-state index in [1.54, 1.807) is 31.2 Å². The summed E-state index contributed by atoms with van der Waals surface area (Å²) >= 11 is 0. The molecular weight excluding hydrogens is 440 g/mol. The highest BCUT2D eigenvalue weighted by Gasteiger charge is 2.54. The number of carbonyl (C=O) groups excluding carboxylic acids is 2. The van der Waals surface area contributed by atoms with E-state index < -0.39 is 5.97 Å². The fraction of sp³-hybridized carbons (Fsp3) is 0.167. The van der Waals surface area contributed by atoms with Crippen LogP contribution in [0.4, 0.5) is 0 Å². The van der Waals surface area contributed by atoms with Gasteiger partial charge in [-0.2, -0.15) is 0 Å². The number of carboxylic acid groups (broad SMARTS) is 1. The summed E-state index contributed by atoms with van der Waals surface area (Å²) in [6, 6.07) is 28.7. The van der Waals surface area contributed by atoms with Crippen LogP contribution in [-0.4, -0.2) is 23.3 Å². The molecule has 1 unspecified atom stereocenters. The van der Waals surface area contributed by atoms with Crippen LogP contribution >= 0.6 is 0 Å². The molecule has 0 radical (unpaired) electrons. The van der Waals surface area contributed by atoms with Gasteiger partial charge in [0.05, 0.1) is 5.56 Å². The zero-order chi connectivity index (χ0) is 24.5. The van der Waals surface area contributed by atoms with Crippen molar-refractivity contribution in [1.29, 1.82) is 0 Å². The van der Waals surface area contributed by atoms with Crippen molar-refractivity contribution in [2.45, 2.75) is 24.7 Å². The summed E-state index contributed by atoms with van der Waals surface area (Å²) in [4.78, 5) is 35.1. The van der Waals surface area contributed by atoms with Crippen LogP contribution < -0.4 is 4.74 Å². The Labute approximate surface area is 203 Å². The summed E-state index contributed by atoms with van der Waals surface area (Å²) in [5, 5.41) is 11.6. The monoisotopic (exact) mass is 464 g/mol. The van der Waals surface area contributed by atoms with Crippen molar-refractivity contribution in [3.63, 3.8) is 0 Å². The number of rotatable bonds is 7. The molecule has 5 rings (SSSR count). The van der Waals surface area contributed by atoms with Crippen LogP contribution in [0.2, 0.25) is 0 Å². The Morgan fingerprint density at radius 3 is 1.94 bits per heavy atom. The Balaban J connectivity index is 1.62. The quantitative estimate of drug-likeness (QED) is 0.342. The number of Topliss-reactive ketones (excluding diaryl/α,β-unsaturated/α-hetero) is 1. The lowest BCUT2D eigenvalue weighted by atomic mass is 9.50. The van der Waals surface area contributed by atoms with Gasteiger partial charge >= 0.3 is 5.97 Å². The minimum Gasteiger partial charge on any atom is -0.478 e. The fourth-order valence-corrected chi connectivity index (χ4v) is 5.58. The molecule has 0 heterocycles. The Hall–Kier alpha value is -4.25. The van der Waals surface area contributed by atoms with Gasteiger partial charge in [-0.25, -0.2) is 4.79 Å². The van der Waals surface area contributed by atoms with E-state index in [1.165, 1.54) is 0 Å². The molecule has 4 atom stereocenters. The third-order valence-corrected chi connectivity index (χ3v) is 7.17. The number of ketones is 1. The molecule has 0 amide bonds. The van der Waals surface area contributed by atoms with Crippen LogP contribution in [0.3, 0.4) is 0 Å². The standard InChI is InChI=1S/C30H24O5/c1-18(32)26-27(20-7-9-22(10-8-20)30(33)34)28(21-12-14-25(15-13-21)35-17-31)29(26)24-11-6-19-4-2-3-5-23(19)16-24/h2-17,26-29H,1H3,(H,33,34)/t26-,27-,28-,29?/m0/s1. The van der Waals surface area contributed by atoms with Crippen LogP contribution in [0.5, 0.6) is 5.75 Å². The minimum atomic E-state index is -0.982. The molecule has 4 aromatic rings. The minimum absolute atomic E-state index is 0.00831. The summed E-state index contributed by atoms with van der Waals surface area (Å²) in [6.45, 7) is 2.03. The first kappa shape index (κ1) is 22.5. The number of hydrogen-bond acceptors (Lipinski definition) is 4. The third kappa shape index (κ3) is 4.10. The normalized spacial score (nSPS) is 21.2. The van der Waals surface area contributed by atoms with E-state index in [-0.39, 0.29) is 35.0 Å². The van der Waals surface area contributed by atoms with E-state index in [0.717, 1.165) is 27.5 Å². The molecule has 1 aliphatic carbocycles. The number of benzene rings is 4. The van der Waals surface area contributed by atoms with Crippen LogP contribution in [0.1, 0.15) is 51.7 Å². The van der Waals surface area contributed by atoms with Crippen molar-refractivity contribution in [2.75, 3.05) is 0 Å². The van der Waals surface area contributed by atoms with Crippen molar-refractivity contribution < 1.29 is 24.2 Å². The van der Waals surface area contributed by atoms with E-state index in [4.69, 9.17) is 4.74 Å². The summed E-state index contributed by atoms with van der Waals surface area (Å²) in [6.07, 6.45) is 0. The Morgan fingerprint density at radius 2 is 1.31 bits per heavy atom. The zero-order valence-corrected chi connectivity index (χ0v) is 19.1. The van der Waals surface area contributed by atoms with Gasteiger partial charge in [0.1, 0.15) is 11.5 Å². The molecule has 0 bridgehead atoms. The van der Waals surface area contributed by atoms with Crippen molar-refractivity contribution in [3.05, 3.63) is 113 Å². The second kappa shape index (κ2) is 9.18. The van der Waals surface area contributed by atoms with E-state index in [1.807, 2.05) is 36.4 Å². The van der Waals surface area contributed by atoms with Crippen LogP contribution in [0.15, 0.2) is 91.0 Å². The average Bonchev–Trinajstić information content (AvgIpc) is 2.85. The highest BCUT2D eigenvalue weighted by Crippen LogP contribution is 2.62. The average molecular weight is 465 g/mol. The van der Waals surface area contributed by atoms with E-state index in [9.17, 15) is 19.5 Å². The molecule has 0 spiro atoms. The second-order valence-electron chi connectivity index (χ2n) is 9.03. The van der Waals surface area contributed by atoms with Gasteiger partial charge in [0.15, 0.2) is 0 Å². The molecule has 1 saturated carbocycles. The van der Waals surface area contributed by atoms with Gasteiger partial charge in [0, 0.05) is 17.8 Å². The topological polar surface area (TPSA) is 80.7 Å². The van der Waals surface area contributed by atoms with Gasteiger partial charge in [-0.15, -0.1) is 0 Å². The molecule has 1 N–H and O–H groups in total. The van der Waals surface area contributed by atoms with Gasteiger partial charge < -0.3 is 9.84 Å². The van der Waals surface area contributed by atoms with Crippen molar-refractivity contribution in [1.82, 2.24) is 0 Å². The van der Waals surface area contributed by atoms with Gasteiger partial charge in [0.2, 0.25) is 0 Å². The molecule has 0 aliphatic heterocycles. The summed E-state index contributed by atoms with van der Waals surface area (Å²) in [5.74, 6) is -0.828. The number of fused-ring (bicyclic) bond motifs is 1. The van der Waals surface area contributed by atoms with Gasteiger partial charge in [-0.3, -0.25) is 9.59 Å². The highest BCUT2D eigenvalue weighted by molar-refractivity contribution is 5.88. The first-order valence-electron chi connectivity index (χ1n) is 11.5. The van der Waals surface area contributed by atoms with E-state index in [0.29, 0.717) is 12.2 Å². The molecular formula is C30H24O5.